The van der Waals surface area contributed by atoms with Gasteiger partial charge in [0.25, 0.3) is 5.82 Å². The maximum Gasteiger partial charge on any atom is 0.453 e. The Balaban J connectivity index is 0. The van der Waals surface area contributed by atoms with Crippen LogP contribution in [-0.2, 0) is 13.2 Å². The highest BCUT2D eigenvalue weighted by atomic mass is 35.5. The fourth-order valence-electron chi connectivity index (χ4n) is 0.842. The van der Waals surface area contributed by atoms with Gasteiger partial charge in [-0.2, -0.15) is 18.2 Å². The van der Waals surface area contributed by atoms with E-state index in [0.717, 1.165) is 4.68 Å². The molecule has 0 saturated heterocycles. The Labute approximate surface area is 102 Å². The van der Waals surface area contributed by atoms with Crippen molar-refractivity contribution in [3.63, 3.8) is 0 Å². The summed E-state index contributed by atoms with van der Waals surface area (Å²) in [6.45, 7) is 0.665. The van der Waals surface area contributed by atoms with Crippen molar-refractivity contribution in [2.24, 2.45) is 12.8 Å². The van der Waals surface area contributed by atoms with Crippen LogP contribution in [0.2, 0.25) is 0 Å². The molecule has 0 amide bonds. The van der Waals surface area contributed by atoms with Crippen molar-refractivity contribution in [3.05, 3.63) is 5.82 Å². The summed E-state index contributed by atoms with van der Waals surface area (Å²) in [5.74, 6) is -1.10. The van der Waals surface area contributed by atoms with Crippen molar-refractivity contribution in [1.29, 1.82) is 0 Å². The number of hydrogen-bond acceptors (Lipinski definition) is 4. The van der Waals surface area contributed by atoms with Gasteiger partial charge < -0.3 is 11.1 Å². The molecule has 10 heteroatoms. The summed E-state index contributed by atoms with van der Waals surface area (Å²) in [4.78, 5) is 3.28. The van der Waals surface area contributed by atoms with Gasteiger partial charge in [-0.15, -0.1) is 29.9 Å². The molecule has 0 unspecified atom stereocenters. The summed E-state index contributed by atoms with van der Waals surface area (Å²) in [5.41, 5.74) is 5.18. The number of rotatable bonds is 3. The zero-order valence-corrected chi connectivity index (χ0v) is 9.92. The zero-order chi connectivity index (χ0) is 10.8. The first-order chi connectivity index (χ1) is 6.45. The largest absolute Gasteiger partial charge is 0.453 e. The number of anilines is 1. The van der Waals surface area contributed by atoms with E-state index in [4.69, 9.17) is 5.73 Å². The van der Waals surface area contributed by atoms with Crippen molar-refractivity contribution in [2.45, 2.75) is 6.18 Å². The molecule has 3 N–H and O–H groups in total. The smallest absolute Gasteiger partial charge is 0.353 e. The minimum Gasteiger partial charge on any atom is -0.353 e. The summed E-state index contributed by atoms with van der Waals surface area (Å²) in [6.07, 6.45) is -4.51. The number of halogens is 5. The first kappa shape index (κ1) is 17.7. The van der Waals surface area contributed by atoms with Gasteiger partial charge in [-0.05, 0) is 0 Å². The highest BCUT2D eigenvalue weighted by Gasteiger charge is 2.36. The van der Waals surface area contributed by atoms with Gasteiger partial charge in [-0.25, -0.2) is 4.68 Å². The topological polar surface area (TPSA) is 68.8 Å². The van der Waals surface area contributed by atoms with Gasteiger partial charge in [0.2, 0.25) is 5.95 Å². The lowest BCUT2D eigenvalue weighted by Crippen LogP contribution is -2.15. The number of aryl methyl sites for hydroxylation is 1. The molecule has 0 aliphatic carbocycles. The molecule has 1 aromatic heterocycles. The quantitative estimate of drug-likeness (QED) is 0.869. The fourth-order valence-corrected chi connectivity index (χ4v) is 0.842. The van der Waals surface area contributed by atoms with Gasteiger partial charge in [-0.1, -0.05) is 0 Å². The van der Waals surface area contributed by atoms with Crippen LogP contribution in [0, 0.1) is 0 Å². The minimum absolute atomic E-state index is 0. The van der Waals surface area contributed by atoms with Crippen LogP contribution in [-0.4, -0.2) is 27.9 Å². The van der Waals surface area contributed by atoms with Crippen LogP contribution in [0.3, 0.4) is 0 Å². The summed E-state index contributed by atoms with van der Waals surface area (Å²) in [5, 5.41) is 5.83. The number of nitrogens with one attached hydrogen (secondary N) is 1. The molecule has 96 valence electrons. The third-order valence-electron chi connectivity index (χ3n) is 1.44. The fraction of sp³-hybridized carbons (Fsp3) is 0.667. The molecule has 0 aliphatic heterocycles. The Morgan fingerprint density at radius 3 is 2.31 bits per heavy atom. The van der Waals surface area contributed by atoms with Gasteiger partial charge in [0.05, 0.1) is 0 Å². The normalized spacial score (nSPS) is 10.3. The average Bonchev–Trinajstić information content (AvgIpc) is 2.43. The van der Waals surface area contributed by atoms with E-state index in [1.54, 1.807) is 0 Å². The van der Waals surface area contributed by atoms with E-state index in [2.05, 4.69) is 15.4 Å². The number of alkyl halides is 3. The molecule has 0 saturated carbocycles. The average molecular weight is 282 g/mol. The number of nitrogens with two attached hydrogens (primary N) is 1. The number of aromatic nitrogens is 3. The van der Waals surface area contributed by atoms with Gasteiger partial charge in [0.15, 0.2) is 0 Å². The third kappa shape index (κ3) is 4.42. The van der Waals surface area contributed by atoms with E-state index in [9.17, 15) is 13.2 Å². The molecule has 1 rings (SSSR count). The predicted molar refractivity (Wildman–Crippen MR) is 58.0 cm³/mol. The van der Waals surface area contributed by atoms with Gasteiger partial charge >= 0.3 is 6.18 Å². The van der Waals surface area contributed by atoms with Crippen LogP contribution in [0.25, 0.3) is 0 Å². The van der Waals surface area contributed by atoms with Crippen molar-refractivity contribution in [2.75, 3.05) is 18.4 Å². The Morgan fingerprint density at radius 1 is 1.38 bits per heavy atom. The second kappa shape index (κ2) is 6.77. The third-order valence-corrected chi connectivity index (χ3v) is 1.44. The molecule has 0 atom stereocenters. The van der Waals surface area contributed by atoms with Crippen molar-refractivity contribution < 1.29 is 13.2 Å². The van der Waals surface area contributed by atoms with Crippen LogP contribution in [0.4, 0.5) is 19.1 Å². The highest BCUT2D eigenvalue weighted by Crippen LogP contribution is 2.26. The summed E-state index contributed by atoms with van der Waals surface area (Å²) in [7, 11) is 1.38. The lowest BCUT2D eigenvalue weighted by Gasteiger charge is -2.00. The van der Waals surface area contributed by atoms with Crippen molar-refractivity contribution in [3.8, 4) is 0 Å². The second-order valence-corrected chi connectivity index (χ2v) is 2.60. The van der Waals surface area contributed by atoms with Crippen LogP contribution in [0.15, 0.2) is 0 Å². The van der Waals surface area contributed by atoms with E-state index < -0.39 is 12.0 Å². The van der Waals surface area contributed by atoms with Gasteiger partial charge in [0, 0.05) is 20.1 Å². The maximum absolute atomic E-state index is 12.1. The van der Waals surface area contributed by atoms with Crippen LogP contribution < -0.4 is 11.1 Å². The molecule has 0 aromatic carbocycles. The van der Waals surface area contributed by atoms with Crippen LogP contribution in [0.5, 0.6) is 0 Å². The number of hydrogen-bond donors (Lipinski definition) is 2. The second-order valence-electron chi connectivity index (χ2n) is 2.60. The number of nitrogens with zero attached hydrogens (tertiary/aromatic N) is 3. The molecule has 0 fully saturated rings. The standard InChI is InChI=1S/C6H10F3N5.2ClH/c1-14-5(11-3-2-10)12-4(13-14)6(7,8)9;;/h2-3,10H2,1H3,(H,11,12,13);2*1H. The Morgan fingerprint density at radius 2 is 1.94 bits per heavy atom. The molecule has 16 heavy (non-hydrogen) atoms. The molecule has 1 aromatic rings. The lowest BCUT2D eigenvalue weighted by atomic mass is 10.6. The molecule has 0 aliphatic rings. The molecule has 0 bridgehead atoms. The Kier molecular flexibility index (Phi) is 7.47. The van der Waals surface area contributed by atoms with Gasteiger partial charge in [0.1, 0.15) is 0 Å². The van der Waals surface area contributed by atoms with Crippen LogP contribution >= 0.6 is 24.8 Å². The Bertz CT molecular complexity index is 314. The predicted octanol–water partition coefficient (Wildman–Crippen LogP) is 1.05. The van der Waals surface area contributed by atoms with E-state index >= 15 is 0 Å². The zero-order valence-electron chi connectivity index (χ0n) is 8.28. The maximum atomic E-state index is 12.1. The first-order valence-electron chi connectivity index (χ1n) is 3.87. The molecular formula is C6H12Cl2F3N5. The molecule has 1 heterocycles. The van der Waals surface area contributed by atoms with Crippen molar-refractivity contribution >= 4 is 30.8 Å². The van der Waals surface area contributed by atoms with Gasteiger partial charge in [-0.3, -0.25) is 0 Å². The van der Waals surface area contributed by atoms with E-state index in [1.165, 1.54) is 7.05 Å². The summed E-state index contributed by atoms with van der Waals surface area (Å²) in [6, 6.07) is 0. The summed E-state index contributed by atoms with van der Waals surface area (Å²) < 4.78 is 37.4. The molecule has 0 spiro atoms. The van der Waals surface area contributed by atoms with E-state index in [1.807, 2.05) is 0 Å². The molecular weight excluding hydrogens is 270 g/mol. The SMILES string of the molecule is Cl.Cl.Cn1nc(C(F)(F)F)nc1NCCN. The monoisotopic (exact) mass is 281 g/mol. The lowest BCUT2D eigenvalue weighted by molar-refractivity contribution is -0.144. The first-order valence-corrected chi connectivity index (χ1v) is 3.87. The Hall–Kier alpha value is -0.730. The van der Waals surface area contributed by atoms with Crippen LogP contribution in [0.1, 0.15) is 5.82 Å². The highest BCUT2D eigenvalue weighted by molar-refractivity contribution is 5.85. The minimum atomic E-state index is -4.51. The summed E-state index contributed by atoms with van der Waals surface area (Å²) >= 11 is 0. The van der Waals surface area contributed by atoms with Crippen molar-refractivity contribution in [1.82, 2.24) is 14.8 Å². The molecule has 0 radical (unpaired) electrons. The molecule has 5 nitrogen and oxygen atoms in total. The van der Waals surface area contributed by atoms with E-state index in [0.29, 0.717) is 13.1 Å². The van der Waals surface area contributed by atoms with E-state index in [-0.39, 0.29) is 30.8 Å².